The molecule has 2 rings (SSSR count). The molecule has 2 nitrogen and oxygen atoms in total. The van der Waals surface area contributed by atoms with E-state index in [2.05, 4.69) is 58.1 Å². The summed E-state index contributed by atoms with van der Waals surface area (Å²) in [5, 5.41) is 3.52. The molecule has 0 bridgehead atoms. The first-order valence-electron chi connectivity index (χ1n) is 8.37. The molecule has 1 aliphatic heterocycles. The topological polar surface area (TPSA) is 21.3 Å². The standard InChI is InChI=1S/C19H31NO/c1-14(2)20-11-10-19(4,5)9-8-16-6-7-18-17(13-16)12-15(3)21-18/h6-7,13-15,20H,8-12H2,1-5H3. The van der Waals surface area contributed by atoms with E-state index in [1.165, 1.54) is 24.0 Å². The minimum Gasteiger partial charge on any atom is -0.490 e. The molecule has 0 aliphatic carbocycles. The third kappa shape index (κ3) is 5.03. The average molecular weight is 289 g/mol. The minimum atomic E-state index is 0.341. The van der Waals surface area contributed by atoms with Crippen molar-refractivity contribution in [2.45, 2.75) is 72.4 Å². The SMILES string of the molecule is CC(C)NCCC(C)(C)CCc1ccc2c(c1)CC(C)O2. The van der Waals surface area contributed by atoms with Gasteiger partial charge in [-0.15, -0.1) is 0 Å². The summed E-state index contributed by atoms with van der Waals surface area (Å²) >= 11 is 0. The highest BCUT2D eigenvalue weighted by Gasteiger charge is 2.20. The van der Waals surface area contributed by atoms with E-state index < -0.39 is 0 Å². The third-order valence-corrected chi connectivity index (χ3v) is 4.41. The molecule has 1 atom stereocenters. The Kier molecular flexibility index (Phi) is 5.32. The number of ether oxygens (including phenoxy) is 1. The van der Waals surface area contributed by atoms with Gasteiger partial charge in [0.25, 0.3) is 0 Å². The summed E-state index contributed by atoms with van der Waals surface area (Å²) < 4.78 is 5.77. The molecule has 0 radical (unpaired) electrons. The predicted octanol–water partition coefficient (Wildman–Crippen LogP) is 4.36. The van der Waals surface area contributed by atoms with Crippen molar-refractivity contribution in [1.82, 2.24) is 5.32 Å². The van der Waals surface area contributed by atoms with E-state index in [9.17, 15) is 0 Å². The van der Waals surface area contributed by atoms with Gasteiger partial charge in [0, 0.05) is 12.5 Å². The van der Waals surface area contributed by atoms with Crippen molar-refractivity contribution in [3.8, 4) is 5.75 Å². The highest BCUT2D eigenvalue weighted by atomic mass is 16.5. The molecule has 1 heterocycles. The van der Waals surface area contributed by atoms with Gasteiger partial charge in [-0.2, -0.15) is 0 Å². The molecule has 0 aromatic heterocycles. The Labute approximate surface area is 130 Å². The average Bonchev–Trinajstić information content (AvgIpc) is 2.75. The number of rotatable bonds is 7. The largest absolute Gasteiger partial charge is 0.490 e. The van der Waals surface area contributed by atoms with E-state index in [-0.39, 0.29) is 0 Å². The normalized spacial score (nSPS) is 17.9. The van der Waals surface area contributed by atoms with Crippen molar-refractivity contribution in [1.29, 1.82) is 0 Å². The lowest BCUT2D eigenvalue weighted by Crippen LogP contribution is -2.28. The lowest BCUT2D eigenvalue weighted by atomic mass is 9.83. The maximum Gasteiger partial charge on any atom is 0.123 e. The zero-order valence-electron chi connectivity index (χ0n) is 14.3. The highest BCUT2D eigenvalue weighted by Crippen LogP contribution is 2.31. The van der Waals surface area contributed by atoms with Crippen molar-refractivity contribution in [2.75, 3.05) is 6.54 Å². The molecule has 1 aromatic carbocycles. The summed E-state index contributed by atoms with van der Waals surface area (Å²) in [5.74, 6) is 1.09. The Hall–Kier alpha value is -1.02. The molecular weight excluding hydrogens is 258 g/mol. The van der Waals surface area contributed by atoms with Crippen LogP contribution in [-0.2, 0) is 12.8 Å². The van der Waals surface area contributed by atoms with Crippen molar-refractivity contribution >= 4 is 0 Å². The van der Waals surface area contributed by atoms with Crippen LogP contribution in [0, 0.1) is 5.41 Å². The number of aryl methyl sites for hydroxylation is 1. The van der Waals surface area contributed by atoms with Crippen LogP contribution < -0.4 is 10.1 Å². The Morgan fingerprint density at radius 1 is 1.29 bits per heavy atom. The number of hydrogen-bond acceptors (Lipinski definition) is 2. The van der Waals surface area contributed by atoms with E-state index in [0.717, 1.165) is 25.1 Å². The van der Waals surface area contributed by atoms with Gasteiger partial charge in [-0.1, -0.05) is 39.8 Å². The molecule has 1 aromatic rings. The van der Waals surface area contributed by atoms with Gasteiger partial charge in [-0.05, 0) is 55.3 Å². The van der Waals surface area contributed by atoms with Gasteiger partial charge in [0.2, 0.25) is 0 Å². The van der Waals surface area contributed by atoms with Gasteiger partial charge in [-0.25, -0.2) is 0 Å². The third-order valence-electron chi connectivity index (χ3n) is 4.41. The number of hydrogen-bond donors (Lipinski definition) is 1. The van der Waals surface area contributed by atoms with Crippen molar-refractivity contribution in [2.24, 2.45) is 5.41 Å². The Balaban J connectivity index is 1.84. The summed E-state index contributed by atoms with van der Waals surface area (Å²) in [6, 6.07) is 7.32. The molecular formula is C19H31NO. The maximum atomic E-state index is 5.77. The van der Waals surface area contributed by atoms with Crippen LogP contribution in [-0.4, -0.2) is 18.7 Å². The van der Waals surface area contributed by atoms with Crippen molar-refractivity contribution < 1.29 is 4.74 Å². The van der Waals surface area contributed by atoms with Crippen LogP contribution in [0.5, 0.6) is 5.75 Å². The summed E-state index contributed by atoms with van der Waals surface area (Å²) in [5.41, 5.74) is 3.24. The van der Waals surface area contributed by atoms with E-state index in [1.807, 2.05) is 0 Å². The summed E-state index contributed by atoms with van der Waals surface area (Å²) in [4.78, 5) is 0. The predicted molar refractivity (Wildman–Crippen MR) is 90.1 cm³/mol. The molecule has 0 saturated carbocycles. The summed E-state index contributed by atoms with van der Waals surface area (Å²) in [6.07, 6.45) is 5.04. The smallest absolute Gasteiger partial charge is 0.123 e. The molecule has 0 amide bonds. The Bertz CT molecular complexity index is 465. The van der Waals surface area contributed by atoms with Gasteiger partial charge in [-0.3, -0.25) is 0 Å². The van der Waals surface area contributed by atoms with Crippen LogP contribution in [0.25, 0.3) is 0 Å². The van der Waals surface area contributed by atoms with E-state index in [0.29, 0.717) is 17.6 Å². The van der Waals surface area contributed by atoms with Crippen LogP contribution in [0.2, 0.25) is 0 Å². The molecule has 0 saturated heterocycles. The van der Waals surface area contributed by atoms with Gasteiger partial charge in [0.05, 0.1) is 0 Å². The van der Waals surface area contributed by atoms with Gasteiger partial charge < -0.3 is 10.1 Å². The van der Waals surface area contributed by atoms with Crippen LogP contribution in [0.15, 0.2) is 18.2 Å². The first-order chi connectivity index (χ1) is 9.85. The lowest BCUT2D eigenvalue weighted by molar-refractivity contribution is 0.254. The molecule has 118 valence electrons. The van der Waals surface area contributed by atoms with Crippen LogP contribution in [0.4, 0.5) is 0 Å². The first kappa shape index (κ1) is 16.4. The van der Waals surface area contributed by atoms with Gasteiger partial charge >= 0.3 is 0 Å². The summed E-state index contributed by atoms with van der Waals surface area (Å²) in [7, 11) is 0. The molecule has 1 aliphatic rings. The molecule has 1 N–H and O–H groups in total. The Morgan fingerprint density at radius 2 is 2.05 bits per heavy atom. The number of fused-ring (bicyclic) bond motifs is 1. The molecule has 1 unspecified atom stereocenters. The fourth-order valence-electron chi connectivity index (χ4n) is 2.94. The molecule has 21 heavy (non-hydrogen) atoms. The van der Waals surface area contributed by atoms with E-state index >= 15 is 0 Å². The van der Waals surface area contributed by atoms with Crippen LogP contribution in [0.1, 0.15) is 58.6 Å². The quantitative estimate of drug-likeness (QED) is 0.805. The monoisotopic (exact) mass is 289 g/mol. The lowest BCUT2D eigenvalue weighted by Gasteiger charge is -2.25. The highest BCUT2D eigenvalue weighted by molar-refractivity contribution is 5.40. The second-order valence-electron chi connectivity index (χ2n) is 7.60. The second-order valence-corrected chi connectivity index (χ2v) is 7.60. The number of benzene rings is 1. The van der Waals surface area contributed by atoms with E-state index in [1.54, 1.807) is 0 Å². The second kappa shape index (κ2) is 6.83. The Morgan fingerprint density at radius 3 is 2.76 bits per heavy atom. The van der Waals surface area contributed by atoms with E-state index in [4.69, 9.17) is 4.74 Å². The van der Waals surface area contributed by atoms with Gasteiger partial charge in [0.15, 0.2) is 0 Å². The first-order valence-corrected chi connectivity index (χ1v) is 8.37. The zero-order chi connectivity index (χ0) is 15.5. The van der Waals surface area contributed by atoms with Crippen molar-refractivity contribution in [3.05, 3.63) is 29.3 Å². The fourth-order valence-corrected chi connectivity index (χ4v) is 2.94. The van der Waals surface area contributed by atoms with Gasteiger partial charge in [0.1, 0.15) is 11.9 Å². The maximum absolute atomic E-state index is 5.77. The molecule has 0 spiro atoms. The molecule has 0 fully saturated rings. The minimum absolute atomic E-state index is 0.341. The number of nitrogens with one attached hydrogen (secondary N) is 1. The molecule has 2 heteroatoms. The van der Waals surface area contributed by atoms with Crippen LogP contribution >= 0.6 is 0 Å². The van der Waals surface area contributed by atoms with Crippen molar-refractivity contribution in [3.63, 3.8) is 0 Å². The van der Waals surface area contributed by atoms with Crippen LogP contribution in [0.3, 0.4) is 0 Å². The zero-order valence-corrected chi connectivity index (χ0v) is 14.3. The fraction of sp³-hybridized carbons (Fsp3) is 0.684. The summed E-state index contributed by atoms with van der Waals surface area (Å²) in [6.45, 7) is 12.4.